The number of H-pyrrole nitrogens is 1. The van der Waals surface area contributed by atoms with E-state index in [1.54, 1.807) is 30.3 Å². The first-order chi connectivity index (χ1) is 20.0. The minimum Gasteiger partial charge on any atom is -0.379 e. The van der Waals surface area contributed by atoms with Crippen LogP contribution in [0.4, 0.5) is 5.69 Å². The van der Waals surface area contributed by atoms with Gasteiger partial charge in [-0.2, -0.15) is 0 Å². The number of sulfone groups is 1. The van der Waals surface area contributed by atoms with Crippen LogP contribution in [0.15, 0.2) is 41.3 Å². The molecule has 0 spiro atoms. The molecule has 1 saturated heterocycles. The maximum atomic E-state index is 13.3. The second-order valence-corrected chi connectivity index (χ2v) is 13.2. The van der Waals surface area contributed by atoms with Gasteiger partial charge in [0.15, 0.2) is 9.84 Å². The molecule has 0 bridgehead atoms. The van der Waals surface area contributed by atoms with E-state index in [2.05, 4.69) is 20.5 Å². The van der Waals surface area contributed by atoms with Crippen molar-refractivity contribution in [2.45, 2.75) is 30.9 Å². The van der Waals surface area contributed by atoms with Crippen molar-refractivity contribution in [3.8, 4) is 0 Å². The largest absolute Gasteiger partial charge is 0.379 e. The van der Waals surface area contributed by atoms with Gasteiger partial charge in [-0.05, 0) is 68.8 Å². The molecule has 2 aliphatic rings. The molecule has 1 fully saturated rings. The van der Waals surface area contributed by atoms with E-state index in [0.29, 0.717) is 51.4 Å². The molecule has 2 aromatic carbocycles. The highest BCUT2D eigenvalue weighted by atomic mass is 35.5. The van der Waals surface area contributed by atoms with Gasteiger partial charge < -0.3 is 20.4 Å². The van der Waals surface area contributed by atoms with Crippen LogP contribution in [0, 0.1) is 13.8 Å². The standard InChI is InChI=1S/C30H32Cl2N4O5S/c1-18-27(34-19(2)28(18)30(38)33-9-4-10-36-11-13-41-14-12-36)16-22-21-15-20(7-8-26(21)35-29(22)37)42(39,40)17-23-24(31)5-3-6-25(23)32/h3,5-8,15-16,34H,4,9-14,17H2,1-2H3,(H,33,38)(H,35,37). The molecule has 5 rings (SSSR count). The molecule has 3 heterocycles. The van der Waals surface area contributed by atoms with E-state index < -0.39 is 9.84 Å². The lowest BCUT2D eigenvalue weighted by Crippen LogP contribution is -2.38. The first kappa shape index (κ1) is 30.3. The number of ether oxygens (including phenoxy) is 1. The number of fused-ring (bicyclic) bond motifs is 1. The molecule has 2 amide bonds. The van der Waals surface area contributed by atoms with Crippen LogP contribution in [0.5, 0.6) is 0 Å². The molecule has 0 aliphatic carbocycles. The zero-order chi connectivity index (χ0) is 30.0. The fourth-order valence-electron chi connectivity index (χ4n) is 5.27. The maximum absolute atomic E-state index is 13.3. The lowest BCUT2D eigenvalue weighted by atomic mass is 10.0. The number of rotatable bonds is 9. The second kappa shape index (κ2) is 12.6. The van der Waals surface area contributed by atoms with Gasteiger partial charge in [0.1, 0.15) is 0 Å². The third-order valence-corrected chi connectivity index (χ3v) is 9.91. The van der Waals surface area contributed by atoms with E-state index in [1.807, 2.05) is 13.8 Å². The van der Waals surface area contributed by atoms with Crippen LogP contribution in [0.25, 0.3) is 11.6 Å². The van der Waals surface area contributed by atoms with Crippen LogP contribution in [-0.4, -0.2) is 69.5 Å². The van der Waals surface area contributed by atoms with E-state index in [0.717, 1.165) is 39.3 Å². The van der Waals surface area contributed by atoms with E-state index in [1.165, 1.54) is 12.1 Å². The summed E-state index contributed by atoms with van der Waals surface area (Å²) >= 11 is 12.4. The molecular weight excluding hydrogens is 599 g/mol. The number of aromatic amines is 1. The van der Waals surface area contributed by atoms with E-state index in [9.17, 15) is 18.0 Å². The SMILES string of the molecule is Cc1[nH]c(C=C2C(=O)Nc3ccc(S(=O)(=O)Cc4c(Cl)cccc4Cl)cc32)c(C)c1C(=O)NCCCN1CCOCC1. The Morgan fingerprint density at radius 1 is 1.12 bits per heavy atom. The molecule has 42 heavy (non-hydrogen) atoms. The normalized spacial score (nSPS) is 16.5. The Morgan fingerprint density at radius 2 is 1.83 bits per heavy atom. The summed E-state index contributed by atoms with van der Waals surface area (Å²) in [5, 5.41) is 6.32. The Balaban J connectivity index is 1.35. The highest BCUT2D eigenvalue weighted by Gasteiger charge is 2.28. The predicted octanol–water partition coefficient (Wildman–Crippen LogP) is 4.86. The molecule has 0 atom stereocenters. The first-order valence-corrected chi connectivity index (χ1v) is 16.1. The molecule has 1 aromatic heterocycles. The fourth-order valence-corrected chi connectivity index (χ4v) is 7.39. The van der Waals surface area contributed by atoms with Crippen LogP contribution >= 0.6 is 23.2 Å². The number of aromatic nitrogens is 1. The molecule has 3 aromatic rings. The van der Waals surface area contributed by atoms with Gasteiger partial charge in [-0.25, -0.2) is 8.42 Å². The summed E-state index contributed by atoms with van der Waals surface area (Å²) in [5.41, 5.74) is 4.06. The topological polar surface area (TPSA) is 121 Å². The summed E-state index contributed by atoms with van der Waals surface area (Å²) < 4.78 is 32.0. The van der Waals surface area contributed by atoms with Crippen molar-refractivity contribution in [1.29, 1.82) is 0 Å². The van der Waals surface area contributed by atoms with Gasteiger partial charge in [-0.3, -0.25) is 14.5 Å². The van der Waals surface area contributed by atoms with E-state index in [4.69, 9.17) is 27.9 Å². The molecule has 12 heteroatoms. The third kappa shape index (κ3) is 6.43. The number of hydrogen-bond donors (Lipinski definition) is 3. The lowest BCUT2D eigenvalue weighted by Gasteiger charge is -2.26. The van der Waals surface area contributed by atoms with E-state index in [-0.39, 0.29) is 32.5 Å². The van der Waals surface area contributed by atoms with Gasteiger partial charge in [0, 0.05) is 57.9 Å². The Bertz CT molecular complexity index is 1660. The minimum atomic E-state index is -3.84. The van der Waals surface area contributed by atoms with Crippen LogP contribution in [0.2, 0.25) is 10.0 Å². The lowest BCUT2D eigenvalue weighted by molar-refractivity contribution is -0.110. The van der Waals surface area contributed by atoms with Crippen molar-refractivity contribution < 1.29 is 22.7 Å². The summed E-state index contributed by atoms with van der Waals surface area (Å²) in [6.07, 6.45) is 2.48. The Hall–Kier alpha value is -3.15. The quantitative estimate of drug-likeness (QED) is 0.229. The van der Waals surface area contributed by atoms with Crippen molar-refractivity contribution in [3.63, 3.8) is 0 Å². The Labute approximate surface area is 255 Å². The van der Waals surface area contributed by atoms with Gasteiger partial charge in [0.2, 0.25) is 0 Å². The summed E-state index contributed by atoms with van der Waals surface area (Å²) in [6, 6.07) is 9.32. The average molecular weight is 632 g/mol. The van der Waals surface area contributed by atoms with Crippen molar-refractivity contribution in [1.82, 2.24) is 15.2 Å². The number of nitrogens with zero attached hydrogens (tertiary/aromatic N) is 1. The van der Waals surface area contributed by atoms with Crippen molar-refractivity contribution in [2.24, 2.45) is 0 Å². The maximum Gasteiger partial charge on any atom is 0.256 e. The molecule has 3 N–H and O–H groups in total. The number of amides is 2. The van der Waals surface area contributed by atoms with Crippen molar-refractivity contribution in [3.05, 3.63) is 80.1 Å². The van der Waals surface area contributed by atoms with Gasteiger partial charge in [-0.1, -0.05) is 29.3 Å². The van der Waals surface area contributed by atoms with Gasteiger partial charge in [0.25, 0.3) is 11.8 Å². The van der Waals surface area contributed by atoms with Gasteiger partial charge >= 0.3 is 0 Å². The third-order valence-electron chi connectivity index (χ3n) is 7.56. The number of nitrogens with one attached hydrogen (secondary N) is 3. The number of carbonyl (C=O) groups excluding carboxylic acids is 2. The van der Waals surface area contributed by atoms with E-state index >= 15 is 0 Å². The summed E-state index contributed by atoms with van der Waals surface area (Å²) in [6.45, 7) is 8.36. The van der Waals surface area contributed by atoms with Crippen molar-refractivity contribution >= 4 is 62.2 Å². The fraction of sp³-hybridized carbons (Fsp3) is 0.333. The molecule has 0 radical (unpaired) electrons. The molecular formula is C30H32Cl2N4O5S. The molecule has 0 saturated carbocycles. The molecule has 2 aliphatic heterocycles. The smallest absolute Gasteiger partial charge is 0.256 e. The minimum absolute atomic E-state index is 0.0381. The van der Waals surface area contributed by atoms with Crippen LogP contribution in [-0.2, 0) is 25.1 Å². The van der Waals surface area contributed by atoms with Crippen LogP contribution < -0.4 is 10.6 Å². The number of hydrogen-bond acceptors (Lipinski definition) is 6. The van der Waals surface area contributed by atoms with Gasteiger partial charge in [-0.15, -0.1) is 0 Å². The summed E-state index contributed by atoms with van der Waals surface area (Å²) in [5.74, 6) is -0.935. The monoisotopic (exact) mass is 630 g/mol. The number of halogens is 2. The Kier molecular flexibility index (Phi) is 9.10. The molecule has 9 nitrogen and oxygen atoms in total. The number of anilines is 1. The average Bonchev–Trinajstić information content (AvgIpc) is 3.42. The summed E-state index contributed by atoms with van der Waals surface area (Å²) in [7, 11) is -3.84. The highest BCUT2D eigenvalue weighted by Crippen LogP contribution is 2.37. The Morgan fingerprint density at radius 3 is 2.55 bits per heavy atom. The second-order valence-electron chi connectivity index (χ2n) is 10.4. The zero-order valence-electron chi connectivity index (χ0n) is 23.4. The number of morpholine rings is 1. The van der Waals surface area contributed by atoms with Crippen molar-refractivity contribution in [2.75, 3.05) is 44.7 Å². The zero-order valence-corrected chi connectivity index (χ0v) is 25.7. The highest BCUT2D eigenvalue weighted by molar-refractivity contribution is 7.90. The van der Waals surface area contributed by atoms with Crippen LogP contribution in [0.1, 0.15) is 44.9 Å². The van der Waals surface area contributed by atoms with Gasteiger partial charge in [0.05, 0.1) is 35.0 Å². The number of aryl methyl sites for hydroxylation is 1. The summed E-state index contributed by atoms with van der Waals surface area (Å²) in [4.78, 5) is 31.6. The van der Waals surface area contributed by atoms with Crippen LogP contribution in [0.3, 0.4) is 0 Å². The predicted molar refractivity (Wildman–Crippen MR) is 165 cm³/mol. The first-order valence-electron chi connectivity index (χ1n) is 13.7. The number of benzene rings is 2. The molecule has 0 unspecified atom stereocenters. The molecule has 222 valence electrons. The number of carbonyl (C=O) groups is 2.